The molecule has 0 unspecified atom stereocenters. The second-order valence-electron chi connectivity index (χ2n) is 5.21. The van der Waals surface area contributed by atoms with Crippen molar-refractivity contribution in [2.45, 2.75) is 6.92 Å². The molecular formula is C18H15ClN4S. The lowest BCUT2D eigenvalue weighted by Gasteiger charge is -2.01. The van der Waals surface area contributed by atoms with Gasteiger partial charge in [-0.2, -0.15) is 14.9 Å². The predicted octanol–water partition coefficient (Wildman–Crippen LogP) is 5.03. The highest BCUT2D eigenvalue weighted by molar-refractivity contribution is 7.71. The summed E-state index contributed by atoms with van der Waals surface area (Å²) in [5, 5.41) is 11.9. The van der Waals surface area contributed by atoms with Crippen molar-refractivity contribution in [1.82, 2.24) is 14.9 Å². The van der Waals surface area contributed by atoms with Gasteiger partial charge in [0.1, 0.15) is 0 Å². The maximum absolute atomic E-state index is 6.24. The number of rotatable bonds is 4. The van der Waals surface area contributed by atoms with Crippen LogP contribution in [0.5, 0.6) is 0 Å². The van der Waals surface area contributed by atoms with E-state index in [4.69, 9.17) is 23.8 Å². The van der Waals surface area contributed by atoms with Crippen LogP contribution in [0.25, 0.3) is 17.5 Å². The van der Waals surface area contributed by atoms with E-state index < -0.39 is 0 Å². The van der Waals surface area contributed by atoms with Gasteiger partial charge in [-0.05, 0) is 30.8 Å². The molecule has 0 saturated heterocycles. The zero-order valence-electron chi connectivity index (χ0n) is 13.0. The lowest BCUT2D eigenvalue weighted by atomic mass is 10.1. The smallest absolute Gasteiger partial charge is 0.216 e. The molecule has 1 heterocycles. The summed E-state index contributed by atoms with van der Waals surface area (Å²) in [5.41, 5.74) is 3.11. The first-order valence-corrected chi connectivity index (χ1v) is 8.13. The van der Waals surface area contributed by atoms with Crippen LogP contribution in [0.15, 0.2) is 64.7 Å². The number of aryl methyl sites for hydroxylation is 1. The molecule has 0 spiro atoms. The van der Waals surface area contributed by atoms with E-state index in [2.05, 4.69) is 15.3 Å². The summed E-state index contributed by atoms with van der Waals surface area (Å²) in [5.74, 6) is 0.639. The molecule has 0 amide bonds. The minimum absolute atomic E-state index is 0.408. The lowest BCUT2D eigenvalue weighted by Crippen LogP contribution is -1.94. The third-order valence-corrected chi connectivity index (χ3v) is 3.83. The molecule has 24 heavy (non-hydrogen) atoms. The summed E-state index contributed by atoms with van der Waals surface area (Å²) >= 11 is 11.5. The molecular weight excluding hydrogens is 340 g/mol. The first kappa shape index (κ1) is 16.4. The largest absolute Gasteiger partial charge is 0.250 e. The highest BCUT2D eigenvalue weighted by Gasteiger charge is 2.07. The van der Waals surface area contributed by atoms with Crippen molar-refractivity contribution in [2.24, 2.45) is 5.10 Å². The third-order valence-electron chi connectivity index (χ3n) is 3.36. The Morgan fingerprint density at radius 3 is 2.58 bits per heavy atom. The molecule has 0 atom stereocenters. The van der Waals surface area contributed by atoms with E-state index in [0.717, 1.165) is 11.1 Å². The van der Waals surface area contributed by atoms with Gasteiger partial charge in [-0.15, -0.1) is 0 Å². The number of H-pyrrole nitrogens is 1. The Bertz CT molecular complexity index is 937. The third kappa shape index (κ3) is 3.88. The van der Waals surface area contributed by atoms with Crippen LogP contribution in [0.4, 0.5) is 0 Å². The van der Waals surface area contributed by atoms with Crippen molar-refractivity contribution >= 4 is 36.1 Å². The summed E-state index contributed by atoms with van der Waals surface area (Å²) in [6.07, 6.45) is 3.39. The molecule has 0 fully saturated rings. The van der Waals surface area contributed by atoms with Crippen LogP contribution in [0, 0.1) is 11.7 Å². The summed E-state index contributed by atoms with van der Waals surface area (Å²) in [6.45, 7) is 2.03. The molecule has 0 aliphatic heterocycles. The number of aromatic nitrogens is 3. The molecule has 0 aliphatic carbocycles. The standard InChI is InChI=1S/C18H15ClN4S/c1-13-7-9-15(10-8-13)17-21-22-18(24)23(17)20-12-16(19)11-14-5-3-2-4-6-14/h2-12H,1H3,(H,22,24)/b16-11-,20-12-. The van der Waals surface area contributed by atoms with E-state index in [9.17, 15) is 0 Å². The number of hydrogen-bond acceptors (Lipinski definition) is 3. The second kappa shape index (κ2) is 7.38. The molecule has 0 bridgehead atoms. The van der Waals surface area contributed by atoms with Gasteiger partial charge in [0.15, 0.2) is 5.82 Å². The lowest BCUT2D eigenvalue weighted by molar-refractivity contribution is 0.872. The summed E-state index contributed by atoms with van der Waals surface area (Å²) in [6, 6.07) is 17.8. The number of halogens is 1. The van der Waals surface area contributed by atoms with Crippen molar-refractivity contribution in [3.63, 3.8) is 0 Å². The minimum atomic E-state index is 0.408. The molecule has 0 aliphatic rings. The maximum atomic E-state index is 6.24. The van der Waals surface area contributed by atoms with Crippen LogP contribution in [-0.2, 0) is 0 Å². The van der Waals surface area contributed by atoms with Crippen LogP contribution in [0.3, 0.4) is 0 Å². The van der Waals surface area contributed by atoms with Gasteiger partial charge < -0.3 is 0 Å². The van der Waals surface area contributed by atoms with Gasteiger partial charge in [-0.3, -0.25) is 0 Å². The Kier molecular flexibility index (Phi) is 5.03. The van der Waals surface area contributed by atoms with E-state index in [-0.39, 0.29) is 0 Å². The van der Waals surface area contributed by atoms with Gasteiger partial charge in [0, 0.05) is 5.56 Å². The fraction of sp³-hybridized carbons (Fsp3) is 0.0556. The Balaban J connectivity index is 1.90. The van der Waals surface area contributed by atoms with Gasteiger partial charge in [0.25, 0.3) is 0 Å². The number of hydrogen-bond donors (Lipinski definition) is 1. The fourth-order valence-corrected chi connectivity index (χ4v) is 2.50. The Morgan fingerprint density at radius 1 is 1.17 bits per heavy atom. The van der Waals surface area contributed by atoms with Crippen LogP contribution in [0.2, 0.25) is 0 Å². The summed E-state index contributed by atoms with van der Waals surface area (Å²) < 4.78 is 1.97. The topological polar surface area (TPSA) is 46.0 Å². The Hall–Kier alpha value is -2.50. The zero-order valence-corrected chi connectivity index (χ0v) is 14.6. The minimum Gasteiger partial charge on any atom is -0.250 e. The average Bonchev–Trinajstić information content (AvgIpc) is 2.95. The molecule has 3 aromatic rings. The number of nitrogens with zero attached hydrogens (tertiary/aromatic N) is 3. The molecule has 2 aromatic carbocycles. The van der Waals surface area contributed by atoms with Crippen molar-refractivity contribution in [3.8, 4) is 11.4 Å². The molecule has 0 saturated carbocycles. The second-order valence-corrected chi connectivity index (χ2v) is 6.04. The molecule has 120 valence electrons. The van der Waals surface area contributed by atoms with Crippen molar-refractivity contribution in [1.29, 1.82) is 0 Å². The van der Waals surface area contributed by atoms with Gasteiger partial charge in [0.05, 0.1) is 11.2 Å². The van der Waals surface area contributed by atoms with Crippen LogP contribution < -0.4 is 0 Å². The normalized spacial score (nSPS) is 12.0. The molecule has 4 nitrogen and oxygen atoms in total. The molecule has 6 heteroatoms. The van der Waals surface area contributed by atoms with E-state index in [1.54, 1.807) is 10.9 Å². The Labute approximate surface area is 150 Å². The van der Waals surface area contributed by atoms with Crippen LogP contribution in [0.1, 0.15) is 11.1 Å². The summed E-state index contributed by atoms with van der Waals surface area (Å²) in [4.78, 5) is 0. The quantitative estimate of drug-likeness (QED) is 0.527. The van der Waals surface area contributed by atoms with Crippen LogP contribution >= 0.6 is 23.8 Å². The fourth-order valence-electron chi connectivity index (χ4n) is 2.15. The predicted molar refractivity (Wildman–Crippen MR) is 102 cm³/mol. The van der Waals surface area contributed by atoms with E-state index in [1.807, 2.05) is 67.6 Å². The highest BCUT2D eigenvalue weighted by Crippen LogP contribution is 2.18. The number of benzene rings is 2. The monoisotopic (exact) mass is 354 g/mol. The molecule has 1 aromatic heterocycles. The van der Waals surface area contributed by atoms with Gasteiger partial charge in [0.2, 0.25) is 4.77 Å². The van der Waals surface area contributed by atoms with Crippen molar-refractivity contribution in [2.75, 3.05) is 0 Å². The maximum Gasteiger partial charge on any atom is 0.216 e. The van der Waals surface area contributed by atoms with E-state index in [0.29, 0.717) is 15.6 Å². The van der Waals surface area contributed by atoms with Crippen molar-refractivity contribution in [3.05, 3.63) is 75.5 Å². The van der Waals surface area contributed by atoms with Gasteiger partial charge >= 0.3 is 0 Å². The molecule has 3 rings (SSSR count). The number of allylic oxidation sites excluding steroid dienone is 1. The van der Waals surface area contributed by atoms with Gasteiger partial charge in [-0.25, -0.2) is 5.10 Å². The average molecular weight is 355 g/mol. The van der Waals surface area contributed by atoms with E-state index in [1.165, 1.54) is 5.56 Å². The first-order chi connectivity index (χ1) is 11.6. The number of aromatic amines is 1. The van der Waals surface area contributed by atoms with Crippen molar-refractivity contribution < 1.29 is 0 Å². The van der Waals surface area contributed by atoms with Gasteiger partial charge in [-0.1, -0.05) is 71.8 Å². The summed E-state index contributed by atoms with van der Waals surface area (Å²) in [7, 11) is 0. The highest BCUT2D eigenvalue weighted by atomic mass is 35.5. The Morgan fingerprint density at radius 2 is 1.88 bits per heavy atom. The van der Waals surface area contributed by atoms with E-state index >= 15 is 0 Å². The molecule has 1 N–H and O–H groups in total. The first-order valence-electron chi connectivity index (χ1n) is 7.34. The molecule has 0 radical (unpaired) electrons. The number of nitrogens with one attached hydrogen (secondary N) is 1. The SMILES string of the molecule is Cc1ccc(-c2n[nH]c(=S)n2/N=C\C(Cl)=C\c2ccccc2)cc1. The zero-order chi connectivity index (χ0) is 16.9. The van der Waals surface area contributed by atoms with Crippen LogP contribution in [-0.4, -0.2) is 21.1 Å².